The van der Waals surface area contributed by atoms with Gasteiger partial charge in [-0.1, -0.05) is 90.5 Å². The first-order valence-corrected chi connectivity index (χ1v) is 11.0. The molecule has 4 rings (SSSR count). The lowest BCUT2D eigenvalue weighted by molar-refractivity contribution is 0.148. The van der Waals surface area contributed by atoms with Gasteiger partial charge >= 0.3 is 0 Å². The number of aryl methyl sites for hydroxylation is 1. The normalized spacial score (nSPS) is 17.4. The molecule has 30 heavy (non-hydrogen) atoms. The lowest BCUT2D eigenvalue weighted by Gasteiger charge is -2.42. The summed E-state index contributed by atoms with van der Waals surface area (Å²) in [6.07, 6.45) is 3.28. The first-order chi connectivity index (χ1) is 14.7. The summed E-state index contributed by atoms with van der Waals surface area (Å²) >= 11 is 0. The summed E-state index contributed by atoms with van der Waals surface area (Å²) in [5.41, 5.74) is 4.32. The van der Waals surface area contributed by atoms with E-state index in [2.05, 4.69) is 90.7 Å². The molecule has 0 saturated carbocycles. The molecular weight excluding hydrogens is 364 g/mol. The number of benzene rings is 3. The quantitative estimate of drug-likeness (QED) is 0.531. The highest BCUT2D eigenvalue weighted by Gasteiger charge is 2.44. The van der Waals surface area contributed by atoms with Gasteiger partial charge in [-0.05, 0) is 55.3 Å². The van der Waals surface area contributed by atoms with Crippen molar-refractivity contribution in [2.45, 2.75) is 31.6 Å². The van der Waals surface area contributed by atoms with Gasteiger partial charge in [-0.15, -0.1) is 0 Å². The van der Waals surface area contributed by atoms with Crippen molar-refractivity contribution < 1.29 is 0 Å². The molecule has 1 unspecified atom stereocenters. The second-order valence-corrected chi connectivity index (χ2v) is 8.53. The highest BCUT2D eigenvalue weighted by molar-refractivity contribution is 5.47. The Hall–Kier alpha value is -2.89. The number of hydrogen-bond donors (Lipinski definition) is 0. The topological polar surface area (TPSA) is 27.0 Å². The fraction of sp³-hybridized carbons (Fsp3) is 0.321. The Kier molecular flexibility index (Phi) is 6.31. The van der Waals surface area contributed by atoms with Gasteiger partial charge in [-0.2, -0.15) is 5.26 Å². The predicted octanol–water partition coefficient (Wildman–Crippen LogP) is 5.76. The Morgan fingerprint density at radius 2 is 1.50 bits per heavy atom. The molecule has 1 aliphatic heterocycles. The average Bonchev–Trinajstić information content (AvgIpc) is 2.81. The van der Waals surface area contributed by atoms with Gasteiger partial charge in [-0.25, -0.2) is 0 Å². The Bertz CT molecular complexity index is 931. The SMILES string of the molecule is Cc1ccc(CCN2CCCC(C(C#N)(c3ccccc3)c3ccccc3)C2)cc1. The van der Waals surface area contributed by atoms with Gasteiger partial charge in [0.05, 0.1) is 6.07 Å². The van der Waals surface area contributed by atoms with Crippen molar-refractivity contribution in [3.63, 3.8) is 0 Å². The Morgan fingerprint density at radius 3 is 2.07 bits per heavy atom. The van der Waals surface area contributed by atoms with Gasteiger partial charge < -0.3 is 4.90 Å². The summed E-state index contributed by atoms with van der Waals surface area (Å²) in [6.45, 7) is 5.26. The summed E-state index contributed by atoms with van der Waals surface area (Å²) in [6, 6.07) is 32.5. The predicted molar refractivity (Wildman–Crippen MR) is 123 cm³/mol. The fourth-order valence-electron chi connectivity index (χ4n) is 4.91. The summed E-state index contributed by atoms with van der Waals surface area (Å²) in [5.74, 6) is 0.277. The van der Waals surface area contributed by atoms with Crippen LogP contribution in [0.15, 0.2) is 84.9 Å². The highest BCUT2D eigenvalue weighted by Crippen LogP contribution is 2.42. The molecule has 152 valence electrons. The number of likely N-dealkylation sites (tertiary alicyclic amines) is 1. The summed E-state index contributed by atoms with van der Waals surface area (Å²) < 4.78 is 0. The van der Waals surface area contributed by atoms with Crippen molar-refractivity contribution in [2.75, 3.05) is 19.6 Å². The van der Waals surface area contributed by atoms with E-state index < -0.39 is 5.41 Å². The van der Waals surface area contributed by atoms with E-state index >= 15 is 0 Å². The van der Waals surface area contributed by atoms with Crippen molar-refractivity contribution in [2.24, 2.45) is 5.92 Å². The molecule has 1 aliphatic rings. The zero-order chi connectivity index (χ0) is 20.8. The third-order valence-electron chi connectivity index (χ3n) is 6.59. The van der Waals surface area contributed by atoms with E-state index in [1.165, 1.54) is 11.1 Å². The molecule has 0 bridgehead atoms. The summed E-state index contributed by atoms with van der Waals surface area (Å²) in [4.78, 5) is 2.56. The highest BCUT2D eigenvalue weighted by atomic mass is 15.1. The third-order valence-corrected chi connectivity index (χ3v) is 6.59. The van der Waals surface area contributed by atoms with E-state index in [9.17, 15) is 5.26 Å². The third kappa shape index (κ3) is 4.18. The maximum Gasteiger partial charge on any atom is 0.111 e. The number of hydrogen-bond acceptors (Lipinski definition) is 2. The number of piperidine rings is 1. The van der Waals surface area contributed by atoms with E-state index in [0.717, 1.165) is 50.0 Å². The van der Waals surface area contributed by atoms with Crippen molar-refractivity contribution in [1.29, 1.82) is 5.26 Å². The zero-order valence-corrected chi connectivity index (χ0v) is 17.8. The molecule has 0 aliphatic carbocycles. The van der Waals surface area contributed by atoms with Crippen LogP contribution in [0.25, 0.3) is 0 Å². The van der Waals surface area contributed by atoms with Crippen molar-refractivity contribution in [3.8, 4) is 6.07 Å². The van der Waals surface area contributed by atoms with Crippen molar-refractivity contribution in [1.82, 2.24) is 4.90 Å². The van der Waals surface area contributed by atoms with Crippen LogP contribution < -0.4 is 0 Å². The van der Waals surface area contributed by atoms with Crippen LogP contribution in [0.5, 0.6) is 0 Å². The van der Waals surface area contributed by atoms with Crippen LogP contribution >= 0.6 is 0 Å². The molecule has 3 aromatic carbocycles. The maximum absolute atomic E-state index is 10.6. The molecule has 0 aromatic heterocycles. The number of nitriles is 1. The molecule has 1 atom stereocenters. The van der Waals surface area contributed by atoms with Crippen LogP contribution in [0, 0.1) is 24.2 Å². The molecule has 1 saturated heterocycles. The minimum atomic E-state index is -0.606. The van der Waals surface area contributed by atoms with Crippen LogP contribution in [-0.2, 0) is 11.8 Å². The first-order valence-electron chi connectivity index (χ1n) is 11.0. The molecule has 3 aromatic rings. The fourth-order valence-corrected chi connectivity index (χ4v) is 4.91. The van der Waals surface area contributed by atoms with Crippen molar-refractivity contribution >= 4 is 0 Å². The molecule has 2 heteroatoms. The van der Waals surface area contributed by atoms with Gasteiger partial charge in [0.1, 0.15) is 5.41 Å². The van der Waals surface area contributed by atoms with Crippen LogP contribution in [-0.4, -0.2) is 24.5 Å². The lowest BCUT2D eigenvalue weighted by Crippen LogP contribution is -2.46. The Labute approximate surface area is 180 Å². The average molecular weight is 395 g/mol. The lowest BCUT2D eigenvalue weighted by atomic mass is 9.64. The molecule has 0 N–H and O–H groups in total. The van der Waals surface area contributed by atoms with Crippen LogP contribution in [0.4, 0.5) is 0 Å². The molecular formula is C28H30N2. The van der Waals surface area contributed by atoms with E-state index in [-0.39, 0.29) is 5.92 Å². The molecule has 0 spiro atoms. The minimum absolute atomic E-state index is 0.277. The maximum atomic E-state index is 10.6. The van der Waals surface area contributed by atoms with E-state index in [1.807, 2.05) is 12.1 Å². The van der Waals surface area contributed by atoms with Gasteiger partial charge in [-0.3, -0.25) is 0 Å². The molecule has 2 nitrogen and oxygen atoms in total. The van der Waals surface area contributed by atoms with Gasteiger partial charge in [0.25, 0.3) is 0 Å². The largest absolute Gasteiger partial charge is 0.303 e. The van der Waals surface area contributed by atoms with E-state index in [1.54, 1.807) is 0 Å². The minimum Gasteiger partial charge on any atom is -0.303 e. The van der Waals surface area contributed by atoms with E-state index in [0.29, 0.717) is 0 Å². The molecule has 1 fully saturated rings. The number of rotatable bonds is 6. The molecule has 1 heterocycles. The van der Waals surface area contributed by atoms with Gasteiger partial charge in [0.2, 0.25) is 0 Å². The number of nitrogens with zero attached hydrogens (tertiary/aromatic N) is 2. The monoisotopic (exact) mass is 394 g/mol. The second-order valence-electron chi connectivity index (χ2n) is 8.53. The zero-order valence-electron chi connectivity index (χ0n) is 17.8. The van der Waals surface area contributed by atoms with Gasteiger partial charge in [0.15, 0.2) is 0 Å². The standard InChI is InChI=1S/C28H30N2/c1-23-14-16-24(17-15-23)18-20-30-19-8-13-27(21-30)28(22-29,25-9-4-2-5-10-25)26-11-6-3-7-12-26/h2-7,9-12,14-17,27H,8,13,18-21H2,1H3. The molecule has 0 radical (unpaired) electrons. The first kappa shape index (κ1) is 20.4. The van der Waals surface area contributed by atoms with E-state index in [4.69, 9.17) is 0 Å². The Balaban J connectivity index is 1.59. The van der Waals surface area contributed by atoms with Crippen LogP contribution in [0.2, 0.25) is 0 Å². The smallest absolute Gasteiger partial charge is 0.111 e. The van der Waals surface area contributed by atoms with Crippen LogP contribution in [0.1, 0.15) is 35.1 Å². The molecule has 0 amide bonds. The van der Waals surface area contributed by atoms with Crippen LogP contribution in [0.3, 0.4) is 0 Å². The van der Waals surface area contributed by atoms with Crippen molar-refractivity contribution in [3.05, 3.63) is 107 Å². The summed E-state index contributed by atoms with van der Waals surface area (Å²) in [5, 5.41) is 10.6. The second kappa shape index (κ2) is 9.28. The van der Waals surface area contributed by atoms with Gasteiger partial charge in [0, 0.05) is 13.1 Å². The Morgan fingerprint density at radius 1 is 0.900 bits per heavy atom. The summed E-state index contributed by atoms with van der Waals surface area (Å²) in [7, 11) is 0.